The number of nitrogens with zero attached hydrogens (tertiary/aromatic N) is 2. The van der Waals surface area contributed by atoms with Crippen LogP contribution in [-0.4, -0.2) is 12.3 Å². The molecule has 0 aliphatic carbocycles. The van der Waals surface area contributed by atoms with Crippen LogP contribution in [0.4, 0.5) is 0 Å². The summed E-state index contributed by atoms with van der Waals surface area (Å²) in [5.74, 6) is 0.793. The predicted octanol–water partition coefficient (Wildman–Crippen LogP) is 4.66. The van der Waals surface area contributed by atoms with Crippen molar-refractivity contribution in [2.75, 3.05) is 0 Å². The molecule has 0 radical (unpaired) electrons. The van der Waals surface area contributed by atoms with E-state index in [2.05, 4.69) is 27.2 Å². The van der Waals surface area contributed by atoms with Crippen molar-refractivity contribution in [2.24, 2.45) is 5.16 Å². The summed E-state index contributed by atoms with van der Waals surface area (Å²) in [6.45, 7) is 4.22. The molecule has 0 amide bonds. The number of ether oxygens (including phenoxy) is 1. The Labute approximate surface area is 144 Å². The van der Waals surface area contributed by atoms with Crippen LogP contribution in [0.2, 0.25) is 0 Å². The summed E-state index contributed by atoms with van der Waals surface area (Å²) in [4.78, 5) is 5.27. The molecule has 0 N–H and O–H groups in total. The fourth-order valence-electron chi connectivity index (χ4n) is 1.91. The molecule has 0 aliphatic heterocycles. The van der Waals surface area contributed by atoms with Gasteiger partial charge in [0, 0.05) is 5.56 Å². The second kappa shape index (κ2) is 8.35. The van der Waals surface area contributed by atoms with Gasteiger partial charge in [-0.3, -0.25) is 0 Å². The lowest BCUT2D eigenvalue weighted by Crippen LogP contribution is -2.06. The van der Waals surface area contributed by atoms with Gasteiger partial charge < -0.3 is 9.57 Å². The van der Waals surface area contributed by atoms with E-state index in [1.54, 1.807) is 12.3 Å². The fourth-order valence-corrected chi connectivity index (χ4v) is 2.40. The molecule has 0 heterocycles. The van der Waals surface area contributed by atoms with Crippen molar-refractivity contribution < 1.29 is 9.57 Å². The van der Waals surface area contributed by atoms with Crippen LogP contribution in [-0.2, 0) is 11.4 Å². The van der Waals surface area contributed by atoms with Crippen LogP contribution in [0.1, 0.15) is 30.5 Å². The van der Waals surface area contributed by atoms with Crippen molar-refractivity contribution in [3.05, 3.63) is 63.6 Å². The van der Waals surface area contributed by atoms with Gasteiger partial charge in [0.05, 0.1) is 28.4 Å². The zero-order valence-electron chi connectivity index (χ0n) is 13.0. The van der Waals surface area contributed by atoms with Crippen molar-refractivity contribution in [1.29, 1.82) is 5.26 Å². The van der Waals surface area contributed by atoms with Crippen molar-refractivity contribution >= 4 is 22.1 Å². The molecule has 0 atom stereocenters. The highest BCUT2D eigenvalue weighted by atomic mass is 79.9. The van der Waals surface area contributed by atoms with E-state index >= 15 is 0 Å². The summed E-state index contributed by atoms with van der Waals surface area (Å²) in [6, 6.07) is 15.1. The highest BCUT2D eigenvalue weighted by Gasteiger charge is 2.04. The van der Waals surface area contributed by atoms with Crippen LogP contribution < -0.4 is 4.74 Å². The maximum atomic E-state index is 9.01. The van der Waals surface area contributed by atoms with Gasteiger partial charge in [0.1, 0.15) is 12.4 Å². The van der Waals surface area contributed by atoms with Crippen LogP contribution in [0.15, 0.2) is 52.1 Å². The first kappa shape index (κ1) is 17.0. The summed E-state index contributed by atoms with van der Waals surface area (Å²) < 4.78 is 6.52. The van der Waals surface area contributed by atoms with Crippen molar-refractivity contribution in [2.45, 2.75) is 26.6 Å². The highest BCUT2D eigenvalue weighted by molar-refractivity contribution is 9.10. The van der Waals surface area contributed by atoms with E-state index in [9.17, 15) is 0 Å². The first-order valence-corrected chi connectivity index (χ1v) is 7.99. The molecule has 0 saturated heterocycles. The molecule has 0 unspecified atom stereocenters. The molecule has 0 fully saturated rings. The Morgan fingerprint density at radius 2 is 2.04 bits per heavy atom. The molecular weight excluding hydrogens is 356 g/mol. The molecule has 2 aromatic rings. The number of hydrogen-bond donors (Lipinski definition) is 0. The monoisotopic (exact) mass is 372 g/mol. The third kappa shape index (κ3) is 5.11. The Morgan fingerprint density at radius 3 is 2.74 bits per heavy atom. The number of hydrogen-bond acceptors (Lipinski definition) is 4. The van der Waals surface area contributed by atoms with Gasteiger partial charge in [-0.2, -0.15) is 5.26 Å². The number of halogens is 1. The van der Waals surface area contributed by atoms with Gasteiger partial charge in [0.25, 0.3) is 0 Å². The van der Waals surface area contributed by atoms with E-state index < -0.39 is 0 Å². The van der Waals surface area contributed by atoms with Crippen LogP contribution in [0, 0.1) is 11.3 Å². The quantitative estimate of drug-likeness (QED) is 0.547. The molecule has 0 spiro atoms. The van der Waals surface area contributed by atoms with Gasteiger partial charge in [-0.1, -0.05) is 23.4 Å². The van der Waals surface area contributed by atoms with Crippen LogP contribution in [0.25, 0.3) is 0 Å². The van der Waals surface area contributed by atoms with Gasteiger partial charge in [0.15, 0.2) is 0 Å². The topological polar surface area (TPSA) is 54.6 Å². The molecule has 0 aromatic heterocycles. The second-order valence-corrected chi connectivity index (χ2v) is 5.99. The molecule has 4 nitrogen and oxygen atoms in total. The van der Waals surface area contributed by atoms with Gasteiger partial charge in [0.2, 0.25) is 0 Å². The number of nitriles is 1. The standard InChI is InChI=1S/C18H17BrN2O2/c1-13(2)23-18-8-7-14(9-17(18)19)11-21-22-12-16-6-4-3-5-15(16)10-20/h3-9,11,13H,12H2,1-2H3/b21-11-. The molecule has 2 rings (SSSR count). The minimum absolute atomic E-state index is 0.120. The van der Waals surface area contributed by atoms with E-state index in [0.29, 0.717) is 5.56 Å². The molecule has 5 heteroatoms. The van der Waals surface area contributed by atoms with Crippen molar-refractivity contribution in [1.82, 2.24) is 0 Å². The Balaban J connectivity index is 1.96. The Kier molecular flexibility index (Phi) is 6.19. The van der Waals surface area contributed by atoms with Gasteiger partial charge in [-0.25, -0.2) is 0 Å². The zero-order chi connectivity index (χ0) is 16.7. The highest BCUT2D eigenvalue weighted by Crippen LogP contribution is 2.26. The molecule has 0 aliphatic rings. The lowest BCUT2D eigenvalue weighted by Gasteiger charge is -2.11. The molecule has 118 valence electrons. The second-order valence-electron chi connectivity index (χ2n) is 5.13. The van der Waals surface area contributed by atoms with E-state index in [1.165, 1.54) is 0 Å². The maximum absolute atomic E-state index is 9.01. The maximum Gasteiger partial charge on any atom is 0.143 e. The first-order valence-electron chi connectivity index (χ1n) is 7.19. The van der Waals surface area contributed by atoms with Crippen molar-refractivity contribution in [3.8, 4) is 11.8 Å². The van der Waals surface area contributed by atoms with Crippen LogP contribution in [0.5, 0.6) is 5.75 Å². The number of rotatable bonds is 6. The summed E-state index contributed by atoms with van der Waals surface area (Å²) in [7, 11) is 0. The molecule has 0 bridgehead atoms. The van der Waals surface area contributed by atoms with E-state index in [1.807, 2.05) is 50.2 Å². The third-order valence-electron chi connectivity index (χ3n) is 2.95. The summed E-state index contributed by atoms with van der Waals surface area (Å²) in [5, 5.41) is 13.0. The van der Waals surface area contributed by atoms with Crippen molar-refractivity contribution in [3.63, 3.8) is 0 Å². The molecular formula is C18H17BrN2O2. The Hall–Kier alpha value is -2.32. The third-order valence-corrected chi connectivity index (χ3v) is 3.57. The minimum Gasteiger partial charge on any atom is -0.490 e. The minimum atomic E-state index is 0.120. The predicted molar refractivity (Wildman–Crippen MR) is 93.4 cm³/mol. The molecule has 0 saturated carbocycles. The van der Waals surface area contributed by atoms with E-state index in [4.69, 9.17) is 14.8 Å². The summed E-state index contributed by atoms with van der Waals surface area (Å²) >= 11 is 3.48. The SMILES string of the molecule is CC(C)Oc1ccc(/C=N\OCc2ccccc2C#N)cc1Br. The van der Waals surface area contributed by atoms with Gasteiger partial charge in [-0.05, 0) is 59.6 Å². The lowest BCUT2D eigenvalue weighted by molar-refractivity contribution is 0.132. The van der Waals surface area contributed by atoms with Crippen LogP contribution in [0.3, 0.4) is 0 Å². The van der Waals surface area contributed by atoms with E-state index in [0.717, 1.165) is 21.3 Å². The summed E-state index contributed by atoms with van der Waals surface area (Å²) in [6.07, 6.45) is 1.74. The number of benzene rings is 2. The molecule has 23 heavy (non-hydrogen) atoms. The molecule has 2 aromatic carbocycles. The zero-order valence-corrected chi connectivity index (χ0v) is 14.6. The van der Waals surface area contributed by atoms with Gasteiger partial charge >= 0.3 is 0 Å². The van der Waals surface area contributed by atoms with Gasteiger partial charge in [-0.15, -0.1) is 0 Å². The Morgan fingerprint density at radius 1 is 1.26 bits per heavy atom. The number of oxime groups is 1. The fraction of sp³-hybridized carbons (Fsp3) is 0.222. The average molecular weight is 373 g/mol. The summed E-state index contributed by atoms with van der Waals surface area (Å²) in [5.41, 5.74) is 2.30. The normalized spacial score (nSPS) is 10.7. The largest absolute Gasteiger partial charge is 0.490 e. The first-order chi connectivity index (χ1) is 11.1. The van der Waals surface area contributed by atoms with Crippen LogP contribution >= 0.6 is 15.9 Å². The van der Waals surface area contributed by atoms with E-state index in [-0.39, 0.29) is 12.7 Å². The Bertz CT molecular complexity index is 736. The smallest absolute Gasteiger partial charge is 0.143 e. The average Bonchev–Trinajstić information content (AvgIpc) is 2.54. The lowest BCUT2D eigenvalue weighted by atomic mass is 10.1.